The highest BCUT2D eigenvalue weighted by Gasteiger charge is 2.34. The van der Waals surface area contributed by atoms with Gasteiger partial charge in [-0.15, -0.1) is 13.2 Å². The molecule has 0 radical (unpaired) electrons. The number of halogens is 5. The SMILES string of the molecule is CC=CCCC1CCC(CCc2cc(F)c(OC(F)(F)F)c(F)c2)CC1. The molecule has 1 nitrogen and oxygen atoms in total. The van der Waals surface area contributed by atoms with Crippen LogP contribution < -0.4 is 4.74 Å². The number of ether oxygens (including phenoxy) is 1. The van der Waals surface area contributed by atoms with Crippen LogP contribution in [0.25, 0.3) is 0 Å². The molecule has 0 aromatic heterocycles. The predicted octanol–water partition coefficient (Wildman–Crippen LogP) is 6.96. The summed E-state index contributed by atoms with van der Waals surface area (Å²) in [6.07, 6.45) is 7.22. The first kappa shape index (κ1) is 20.7. The lowest BCUT2D eigenvalue weighted by Gasteiger charge is -2.28. The van der Waals surface area contributed by atoms with E-state index in [1.54, 1.807) is 0 Å². The molecule has 0 spiro atoms. The average Bonchev–Trinajstić information content (AvgIpc) is 2.57. The Labute approximate surface area is 151 Å². The van der Waals surface area contributed by atoms with Gasteiger partial charge in [0.2, 0.25) is 5.75 Å². The third-order valence-electron chi connectivity index (χ3n) is 5.06. The first-order chi connectivity index (χ1) is 12.3. The maximum absolute atomic E-state index is 13.7. The minimum atomic E-state index is -5.12. The van der Waals surface area contributed by atoms with Crippen molar-refractivity contribution >= 4 is 0 Å². The maximum Gasteiger partial charge on any atom is 0.573 e. The van der Waals surface area contributed by atoms with E-state index in [0.717, 1.165) is 43.7 Å². The van der Waals surface area contributed by atoms with Crippen molar-refractivity contribution in [2.45, 2.75) is 64.7 Å². The van der Waals surface area contributed by atoms with Crippen molar-refractivity contribution in [1.82, 2.24) is 0 Å². The van der Waals surface area contributed by atoms with E-state index in [4.69, 9.17) is 0 Å². The topological polar surface area (TPSA) is 9.23 Å². The van der Waals surface area contributed by atoms with E-state index in [1.165, 1.54) is 19.3 Å². The zero-order chi connectivity index (χ0) is 19.2. The molecule has 1 aliphatic carbocycles. The molecule has 0 N–H and O–H groups in total. The molecule has 1 aromatic carbocycles. The maximum atomic E-state index is 13.7. The third kappa shape index (κ3) is 6.61. The molecule has 1 aromatic rings. The van der Waals surface area contributed by atoms with Crippen molar-refractivity contribution in [3.8, 4) is 5.75 Å². The highest BCUT2D eigenvalue weighted by atomic mass is 19.4. The Hall–Kier alpha value is -1.59. The van der Waals surface area contributed by atoms with Gasteiger partial charge in [0.1, 0.15) is 0 Å². The van der Waals surface area contributed by atoms with Crippen molar-refractivity contribution in [2.75, 3.05) is 0 Å². The second-order valence-corrected chi connectivity index (χ2v) is 7.01. The van der Waals surface area contributed by atoms with E-state index in [0.29, 0.717) is 17.9 Å². The number of allylic oxidation sites excluding steroid dienone is 2. The van der Waals surface area contributed by atoms with E-state index in [-0.39, 0.29) is 0 Å². The zero-order valence-electron chi connectivity index (χ0n) is 14.9. The van der Waals surface area contributed by atoms with Gasteiger partial charge >= 0.3 is 6.36 Å². The predicted molar refractivity (Wildman–Crippen MR) is 90.9 cm³/mol. The van der Waals surface area contributed by atoms with E-state index in [1.807, 2.05) is 6.92 Å². The quantitative estimate of drug-likeness (QED) is 0.369. The first-order valence-corrected chi connectivity index (χ1v) is 9.13. The summed E-state index contributed by atoms with van der Waals surface area (Å²) in [7, 11) is 0. The van der Waals surface area contributed by atoms with Crippen LogP contribution in [-0.2, 0) is 6.42 Å². The highest BCUT2D eigenvalue weighted by molar-refractivity contribution is 5.31. The number of benzene rings is 1. The zero-order valence-corrected chi connectivity index (χ0v) is 14.9. The Bertz CT molecular complexity index is 578. The molecule has 1 saturated carbocycles. The molecule has 2 rings (SSSR count). The molecule has 1 aliphatic rings. The van der Waals surface area contributed by atoms with Gasteiger partial charge in [0.25, 0.3) is 0 Å². The van der Waals surface area contributed by atoms with Crippen LogP contribution in [0.4, 0.5) is 22.0 Å². The fourth-order valence-corrected chi connectivity index (χ4v) is 3.65. The van der Waals surface area contributed by atoms with Gasteiger partial charge in [-0.3, -0.25) is 0 Å². The van der Waals surface area contributed by atoms with Crippen LogP contribution in [0.15, 0.2) is 24.3 Å². The second kappa shape index (κ2) is 9.38. The van der Waals surface area contributed by atoms with Crippen molar-refractivity contribution in [3.05, 3.63) is 41.5 Å². The summed E-state index contributed by atoms with van der Waals surface area (Å²) >= 11 is 0. The van der Waals surface area contributed by atoms with E-state index >= 15 is 0 Å². The summed E-state index contributed by atoms with van der Waals surface area (Å²) in [5.74, 6) is -2.76. The van der Waals surface area contributed by atoms with Gasteiger partial charge in [0.05, 0.1) is 0 Å². The fourth-order valence-electron chi connectivity index (χ4n) is 3.65. The number of hydrogen-bond donors (Lipinski definition) is 0. The monoisotopic (exact) mass is 376 g/mol. The van der Waals surface area contributed by atoms with Crippen LogP contribution >= 0.6 is 0 Å². The Morgan fingerprint density at radius 3 is 2.04 bits per heavy atom. The Kier molecular flexibility index (Phi) is 7.47. The molecule has 0 amide bonds. The summed E-state index contributed by atoms with van der Waals surface area (Å²) < 4.78 is 67.4. The molecule has 146 valence electrons. The summed E-state index contributed by atoms with van der Waals surface area (Å²) in [4.78, 5) is 0. The van der Waals surface area contributed by atoms with Gasteiger partial charge in [0, 0.05) is 0 Å². The van der Waals surface area contributed by atoms with Crippen molar-refractivity contribution in [2.24, 2.45) is 11.8 Å². The van der Waals surface area contributed by atoms with E-state index in [2.05, 4.69) is 16.9 Å². The summed E-state index contributed by atoms with van der Waals surface area (Å²) in [5.41, 5.74) is 0.365. The number of rotatable bonds is 7. The molecule has 0 bridgehead atoms. The largest absolute Gasteiger partial charge is 0.573 e. The number of aryl methyl sites for hydroxylation is 1. The van der Waals surface area contributed by atoms with Crippen LogP contribution in [0.1, 0.15) is 57.4 Å². The third-order valence-corrected chi connectivity index (χ3v) is 5.06. The Morgan fingerprint density at radius 2 is 1.54 bits per heavy atom. The van der Waals surface area contributed by atoms with Gasteiger partial charge < -0.3 is 4.74 Å². The Balaban J connectivity index is 1.83. The molecule has 0 saturated heterocycles. The van der Waals surface area contributed by atoms with Gasteiger partial charge in [-0.2, -0.15) is 0 Å². The molecule has 0 atom stereocenters. The van der Waals surface area contributed by atoms with Gasteiger partial charge in [-0.1, -0.05) is 37.8 Å². The van der Waals surface area contributed by atoms with Crippen molar-refractivity contribution in [1.29, 1.82) is 0 Å². The normalized spacial score (nSPS) is 21.3. The number of hydrogen-bond acceptors (Lipinski definition) is 1. The first-order valence-electron chi connectivity index (χ1n) is 9.13. The number of alkyl halides is 3. The molecule has 0 unspecified atom stereocenters. The minimum absolute atomic E-state index is 0.365. The molecule has 0 aliphatic heterocycles. The molecular formula is C20H25F5O. The second-order valence-electron chi connectivity index (χ2n) is 7.01. The van der Waals surface area contributed by atoms with Crippen molar-refractivity contribution < 1.29 is 26.7 Å². The molecular weight excluding hydrogens is 351 g/mol. The van der Waals surface area contributed by atoms with Gasteiger partial charge in [-0.25, -0.2) is 8.78 Å². The summed E-state index contributed by atoms with van der Waals surface area (Å²) in [6.45, 7) is 2.02. The Morgan fingerprint density at radius 1 is 1.00 bits per heavy atom. The van der Waals surface area contributed by atoms with Crippen LogP contribution in [0, 0.1) is 23.5 Å². The van der Waals surface area contributed by atoms with Crippen LogP contribution in [0.3, 0.4) is 0 Å². The summed E-state index contributed by atoms with van der Waals surface area (Å²) in [5, 5.41) is 0. The van der Waals surface area contributed by atoms with Crippen LogP contribution in [0.5, 0.6) is 5.75 Å². The highest BCUT2D eigenvalue weighted by Crippen LogP contribution is 2.35. The lowest BCUT2D eigenvalue weighted by atomic mass is 9.78. The smallest absolute Gasteiger partial charge is 0.399 e. The van der Waals surface area contributed by atoms with Gasteiger partial charge in [-0.05, 0) is 62.1 Å². The minimum Gasteiger partial charge on any atom is -0.399 e. The lowest BCUT2D eigenvalue weighted by Crippen LogP contribution is -2.19. The lowest BCUT2D eigenvalue weighted by molar-refractivity contribution is -0.276. The van der Waals surface area contributed by atoms with E-state index < -0.39 is 23.7 Å². The molecule has 6 heteroatoms. The van der Waals surface area contributed by atoms with E-state index in [9.17, 15) is 22.0 Å². The average molecular weight is 376 g/mol. The fraction of sp³-hybridized carbons (Fsp3) is 0.600. The molecule has 1 fully saturated rings. The standard InChI is InChI=1S/C20H25F5O/c1-2-3-4-5-14-6-8-15(9-7-14)10-11-16-12-17(21)19(18(22)13-16)26-20(23,24)25/h2-3,12-15H,4-11H2,1H3. The van der Waals surface area contributed by atoms with Crippen LogP contribution in [-0.4, -0.2) is 6.36 Å². The van der Waals surface area contributed by atoms with Gasteiger partial charge in [0.15, 0.2) is 11.6 Å². The summed E-state index contributed by atoms with van der Waals surface area (Å²) in [6, 6.07) is 1.87. The van der Waals surface area contributed by atoms with Crippen LogP contribution in [0.2, 0.25) is 0 Å². The molecule has 0 heterocycles. The molecule has 26 heavy (non-hydrogen) atoms. The van der Waals surface area contributed by atoms with Crippen molar-refractivity contribution in [3.63, 3.8) is 0 Å².